The van der Waals surface area contributed by atoms with Crippen molar-refractivity contribution in [1.82, 2.24) is 0 Å². The third-order valence-electron chi connectivity index (χ3n) is 4.71. The second kappa shape index (κ2) is 13.9. The fraction of sp³-hybridized carbons (Fsp3) is 0.783. The second-order valence-electron chi connectivity index (χ2n) is 7.79. The Morgan fingerprint density at radius 3 is 2.50 bits per heavy atom. The van der Waals surface area contributed by atoms with Gasteiger partial charge in [-0.25, -0.2) is 0 Å². The summed E-state index contributed by atoms with van der Waals surface area (Å²) in [7, 11) is 0. The molecule has 1 aliphatic heterocycles. The van der Waals surface area contributed by atoms with Gasteiger partial charge in [0, 0.05) is 6.42 Å². The summed E-state index contributed by atoms with van der Waals surface area (Å²) >= 11 is 0. The van der Waals surface area contributed by atoms with Crippen LogP contribution in [0.3, 0.4) is 0 Å². The lowest BCUT2D eigenvalue weighted by Gasteiger charge is -2.20. The maximum Gasteiger partial charge on any atom is 0.305 e. The molecule has 0 saturated carbocycles. The summed E-state index contributed by atoms with van der Waals surface area (Å²) < 4.78 is 16.8. The summed E-state index contributed by atoms with van der Waals surface area (Å²) in [5.41, 5.74) is 0. The van der Waals surface area contributed by atoms with Gasteiger partial charge in [0.25, 0.3) is 0 Å². The first-order chi connectivity index (χ1) is 13.4. The SMILES string of the molecule is CC/C=C\C[C@H](O)[C@@H]1OC(C)(C)O[C@@H]1/C=C\CCCCCCCC(=O)OCC. The highest BCUT2D eigenvalue weighted by molar-refractivity contribution is 5.69. The predicted octanol–water partition coefficient (Wildman–Crippen LogP) is 5.07. The van der Waals surface area contributed by atoms with Crippen LogP contribution < -0.4 is 0 Å². The van der Waals surface area contributed by atoms with E-state index in [-0.39, 0.29) is 18.2 Å². The number of carbonyl (C=O) groups excluding carboxylic acids is 1. The van der Waals surface area contributed by atoms with Crippen molar-refractivity contribution >= 4 is 5.97 Å². The number of ether oxygens (including phenoxy) is 3. The fourth-order valence-electron chi connectivity index (χ4n) is 3.33. The van der Waals surface area contributed by atoms with Gasteiger partial charge in [0.15, 0.2) is 5.79 Å². The second-order valence-corrected chi connectivity index (χ2v) is 7.79. The number of hydrogen-bond acceptors (Lipinski definition) is 5. The van der Waals surface area contributed by atoms with Gasteiger partial charge in [-0.1, -0.05) is 50.5 Å². The van der Waals surface area contributed by atoms with Crippen molar-refractivity contribution in [3.63, 3.8) is 0 Å². The third-order valence-corrected chi connectivity index (χ3v) is 4.71. The molecule has 1 heterocycles. The number of rotatable bonds is 14. The first-order valence-corrected chi connectivity index (χ1v) is 10.9. The first-order valence-electron chi connectivity index (χ1n) is 10.9. The summed E-state index contributed by atoms with van der Waals surface area (Å²) in [6.45, 7) is 8.15. The van der Waals surface area contributed by atoms with Crippen molar-refractivity contribution in [1.29, 1.82) is 0 Å². The van der Waals surface area contributed by atoms with Gasteiger partial charge in [0.1, 0.15) is 12.2 Å². The van der Waals surface area contributed by atoms with Crippen molar-refractivity contribution in [3.8, 4) is 0 Å². The topological polar surface area (TPSA) is 65.0 Å². The van der Waals surface area contributed by atoms with E-state index in [2.05, 4.69) is 19.1 Å². The molecule has 5 heteroatoms. The van der Waals surface area contributed by atoms with Crippen LogP contribution in [0.15, 0.2) is 24.3 Å². The largest absolute Gasteiger partial charge is 0.466 e. The number of allylic oxidation sites excluding steroid dienone is 2. The van der Waals surface area contributed by atoms with Crippen LogP contribution in [0.1, 0.15) is 85.5 Å². The molecule has 1 fully saturated rings. The molecule has 0 spiro atoms. The number of carbonyl (C=O) groups is 1. The monoisotopic (exact) mass is 396 g/mol. The summed E-state index contributed by atoms with van der Waals surface area (Å²) in [6.07, 6.45) is 15.5. The van der Waals surface area contributed by atoms with Crippen molar-refractivity contribution in [3.05, 3.63) is 24.3 Å². The van der Waals surface area contributed by atoms with Crippen LogP contribution >= 0.6 is 0 Å². The molecule has 5 nitrogen and oxygen atoms in total. The molecule has 0 aromatic heterocycles. The van der Waals surface area contributed by atoms with Gasteiger partial charge in [0.05, 0.1) is 12.7 Å². The van der Waals surface area contributed by atoms with Gasteiger partial charge in [-0.05, 0) is 52.9 Å². The smallest absolute Gasteiger partial charge is 0.305 e. The van der Waals surface area contributed by atoms with E-state index in [4.69, 9.17) is 14.2 Å². The molecule has 0 unspecified atom stereocenters. The molecule has 0 aliphatic carbocycles. The van der Waals surface area contributed by atoms with Crippen molar-refractivity contribution in [2.45, 2.75) is 110 Å². The summed E-state index contributed by atoms with van der Waals surface area (Å²) in [6, 6.07) is 0. The van der Waals surface area contributed by atoms with Gasteiger partial charge in [-0.15, -0.1) is 0 Å². The van der Waals surface area contributed by atoms with E-state index in [1.807, 2.05) is 32.9 Å². The molecule has 0 radical (unpaired) electrons. The quantitative estimate of drug-likeness (QED) is 0.252. The van der Waals surface area contributed by atoms with Crippen molar-refractivity contribution in [2.75, 3.05) is 6.61 Å². The standard InChI is InChI=1S/C23H40O5/c1-5-7-13-16-19(24)22-20(27-23(3,4)28-22)17-14-11-9-8-10-12-15-18-21(25)26-6-2/h7,13-14,17,19-20,22,24H,5-6,8-12,15-16,18H2,1-4H3/b13-7-,17-14-/t19-,20+,22-/m0/s1. The molecule has 0 aromatic carbocycles. The maximum atomic E-state index is 11.3. The zero-order chi connectivity index (χ0) is 20.8. The molecule has 0 aromatic rings. The van der Waals surface area contributed by atoms with E-state index < -0.39 is 11.9 Å². The molecule has 3 atom stereocenters. The Labute approximate surface area is 171 Å². The Balaban J connectivity index is 2.25. The highest BCUT2D eigenvalue weighted by atomic mass is 16.8. The molecule has 1 rings (SSSR count). The number of unbranched alkanes of at least 4 members (excludes halogenated alkanes) is 5. The van der Waals surface area contributed by atoms with Crippen molar-refractivity contribution in [2.24, 2.45) is 0 Å². The number of aliphatic hydroxyl groups excluding tert-OH is 1. The number of esters is 1. The van der Waals surface area contributed by atoms with E-state index in [1.165, 1.54) is 0 Å². The number of aliphatic hydroxyl groups is 1. The van der Waals surface area contributed by atoms with Gasteiger partial charge < -0.3 is 19.3 Å². The predicted molar refractivity (Wildman–Crippen MR) is 112 cm³/mol. The molecule has 0 bridgehead atoms. The molecule has 0 amide bonds. The summed E-state index contributed by atoms with van der Waals surface area (Å²) in [4.78, 5) is 11.3. The van der Waals surface area contributed by atoms with Crippen LogP contribution in [0, 0.1) is 0 Å². The van der Waals surface area contributed by atoms with Gasteiger partial charge in [0.2, 0.25) is 0 Å². The molecular weight excluding hydrogens is 356 g/mol. The zero-order valence-corrected chi connectivity index (χ0v) is 18.2. The van der Waals surface area contributed by atoms with Crippen molar-refractivity contribution < 1.29 is 24.1 Å². The number of hydrogen-bond donors (Lipinski definition) is 1. The van der Waals surface area contributed by atoms with E-state index in [0.29, 0.717) is 19.4 Å². The molecule has 162 valence electrons. The lowest BCUT2D eigenvalue weighted by molar-refractivity contribution is -0.153. The van der Waals surface area contributed by atoms with Gasteiger partial charge in [-0.2, -0.15) is 0 Å². The average molecular weight is 397 g/mol. The Bertz CT molecular complexity index is 483. The lowest BCUT2D eigenvalue weighted by Crippen LogP contribution is -2.34. The Hall–Kier alpha value is -1.17. The fourth-order valence-corrected chi connectivity index (χ4v) is 3.33. The first kappa shape index (κ1) is 24.9. The highest BCUT2D eigenvalue weighted by Gasteiger charge is 2.43. The highest BCUT2D eigenvalue weighted by Crippen LogP contribution is 2.31. The minimum atomic E-state index is -0.673. The Morgan fingerprint density at radius 2 is 1.79 bits per heavy atom. The van der Waals surface area contributed by atoms with Gasteiger partial charge >= 0.3 is 5.97 Å². The Kier molecular flexibility index (Phi) is 12.4. The molecular formula is C23H40O5. The van der Waals surface area contributed by atoms with Crippen LogP contribution in [0.5, 0.6) is 0 Å². The van der Waals surface area contributed by atoms with Crippen LogP contribution in [0.4, 0.5) is 0 Å². The van der Waals surface area contributed by atoms with Gasteiger partial charge in [-0.3, -0.25) is 4.79 Å². The van der Waals surface area contributed by atoms with E-state index in [9.17, 15) is 9.90 Å². The Morgan fingerprint density at radius 1 is 1.07 bits per heavy atom. The van der Waals surface area contributed by atoms with E-state index in [1.54, 1.807) is 0 Å². The average Bonchev–Trinajstić information content (AvgIpc) is 2.95. The van der Waals surface area contributed by atoms with Crippen LogP contribution in [0.2, 0.25) is 0 Å². The third kappa shape index (κ3) is 10.4. The van der Waals surface area contributed by atoms with E-state index >= 15 is 0 Å². The summed E-state index contributed by atoms with van der Waals surface area (Å²) in [5.74, 6) is -0.761. The van der Waals surface area contributed by atoms with Crippen LogP contribution in [0.25, 0.3) is 0 Å². The van der Waals surface area contributed by atoms with Crippen LogP contribution in [-0.4, -0.2) is 41.8 Å². The maximum absolute atomic E-state index is 11.3. The summed E-state index contributed by atoms with van der Waals surface area (Å²) in [5, 5.41) is 10.5. The lowest BCUT2D eigenvalue weighted by atomic mass is 10.0. The molecule has 1 saturated heterocycles. The normalized spacial score (nSPS) is 22.9. The molecule has 28 heavy (non-hydrogen) atoms. The minimum Gasteiger partial charge on any atom is -0.466 e. The molecule has 1 aliphatic rings. The zero-order valence-electron chi connectivity index (χ0n) is 18.2. The molecule has 1 N–H and O–H groups in total. The van der Waals surface area contributed by atoms with Crippen LogP contribution in [-0.2, 0) is 19.0 Å². The van der Waals surface area contributed by atoms with E-state index in [0.717, 1.165) is 44.9 Å². The minimum absolute atomic E-state index is 0.0888.